The van der Waals surface area contributed by atoms with Gasteiger partial charge in [0.05, 0.1) is 11.0 Å². The number of nitrogens with zero attached hydrogens (tertiary/aromatic N) is 4. The quantitative estimate of drug-likeness (QED) is 0.169. The van der Waals surface area contributed by atoms with Crippen LogP contribution in [0.2, 0.25) is 0 Å². The molecule has 2 aromatic heterocycles. The Bertz CT molecular complexity index is 3180. The van der Waals surface area contributed by atoms with E-state index in [2.05, 4.69) is 138 Å². The molecule has 0 bridgehead atoms. The molecular weight excluding hydrogens is 741 g/mol. The maximum Gasteiger partial charge on any atom is 0.164 e. The first-order chi connectivity index (χ1) is 30.2. The summed E-state index contributed by atoms with van der Waals surface area (Å²) in [5.41, 5.74) is 17.2. The molecule has 1 spiro atoms. The predicted octanol–water partition coefficient (Wildman–Crippen LogP) is 14.5. The molecule has 4 heteroatoms. The molecule has 0 aliphatic heterocycles. The monoisotopic (exact) mass is 782 g/mol. The summed E-state index contributed by atoms with van der Waals surface area (Å²) in [6.07, 6.45) is 6.28. The van der Waals surface area contributed by atoms with E-state index in [1.807, 2.05) is 60.7 Å². The van der Waals surface area contributed by atoms with Crippen molar-refractivity contribution >= 4 is 21.8 Å². The molecule has 0 saturated heterocycles. The maximum atomic E-state index is 4.99. The molecule has 0 N–H and O–H groups in total. The zero-order chi connectivity index (χ0) is 40.3. The van der Waals surface area contributed by atoms with Crippen molar-refractivity contribution in [2.75, 3.05) is 0 Å². The van der Waals surface area contributed by atoms with Gasteiger partial charge >= 0.3 is 0 Å². The molecule has 2 heterocycles. The number of hydrogen-bond acceptors (Lipinski definition) is 3. The summed E-state index contributed by atoms with van der Waals surface area (Å²) in [5.74, 6) is 1.98. The summed E-state index contributed by atoms with van der Waals surface area (Å²) >= 11 is 0. The van der Waals surface area contributed by atoms with E-state index >= 15 is 0 Å². The minimum atomic E-state index is 0.0767. The van der Waals surface area contributed by atoms with Crippen LogP contribution in [0.25, 0.3) is 95.0 Å². The van der Waals surface area contributed by atoms with Crippen LogP contribution in [-0.4, -0.2) is 19.5 Å². The molecule has 0 unspecified atom stereocenters. The fourth-order valence-corrected chi connectivity index (χ4v) is 10.3. The zero-order valence-electron chi connectivity index (χ0n) is 33.8. The highest BCUT2D eigenvalue weighted by atomic mass is 15.0. The average molecular weight is 783 g/mol. The number of benzene rings is 8. The van der Waals surface area contributed by atoms with Crippen LogP contribution in [0.3, 0.4) is 0 Å². The van der Waals surface area contributed by atoms with Gasteiger partial charge in [-0.15, -0.1) is 0 Å². The van der Waals surface area contributed by atoms with E-state index in [0.29, 0.717) is 17.5 Å². The highest BCUT2D eigenvalue weighted by molar-refractivity contribution is 6.12. The van der Waals surface area contributed by atoms with Gasteiger partial charge in [0.2, 0.25) is 0 Å². The van der Waals surface area contributed by atoms with Gasteiger partial charge in [-0.2, -0.15) is 0 Å². The van der Waals surface area contributed by atoms with Crippen LogP contribution in [0.4, 0.5) is 0 Å². The number of rotatable bonds is 6. The summed E-state index contributed by atoms with van der Waals surface area (Å²) < 4.78 is 2.48. The van der Waals surface area contributed by atoms with Gasteiger partial charge in [-0.25, -0.2) is 15.0 Å². The Labute approximate surface area is 355 Å². The third-order valence-corrected chi connectivity index (χ3v) is 13.3. The number of fused-ring (bicyclic) bond motifs is 8. The Kier molecular flexibility index (Phi) is 8.38. The molecule has 290 valence electrons. The van der Waals surface area contributed by atoms with Crippen molar-refractivity contribution in [1.82, 2.24) is 19.5 Å². The lowest BCUT2D eigenvalue weighted by atomic mass is 9.68. The Morgan fingerprint density at radius 1 is 0.344 bits per heavy atom. The third kappa shape index (κ3) is 5.93. The first-order valence-electron chi connectivity index (χ1n) is 21.6. The molecule has 8 aromatic carbocycles. The zero-order valence-corrected chi connectivity index (χ0v) is 33.8. The SMILES string of the molecule is c1ccc(-c2ccc(-n3c4ccc(-c5ccc(-c6nc(-c7ccccc7)nc(-c7ccccc7)n6)cc5)cc4c4cc5c(cc43)-c3ccccc3C53CCCCC3)cc2)cc1. The van der Waals surface area contributed by atoms with Crippen molar-refractivity contribution in [3.05, 3.63) is 205 Å². The second-order valence-corrected chi connectivity index (χ2v) is 16.7. The topological polar surface area (TPSA) is 43.6 Å². The van der Waals surface area contributed by atoms with E-state index in [4.69, 9.17) is 15.0 Å². The highest BCUT2D eigenvalue weighted by Gasteiger charge is 2.44. The molecule has 0 radical (unpaired) electrons. The third-order valence-electron chi connectivity index (χ3n) is 13.3. The normalized spacial score (nSPS) is 14.0. The van der Waals surface area contributed by atoms with Gasteiger partial charge < -0.3 is 4.57 Å². The van der Waals surface area contributed by atoms with Crippen LogP contribution >= 0.6 is 0 Å². The minimum Gasteiger partial charge on any atom is -0.309 e. The first kappa shape index (κ1) is 35.5. The van der Waals surface area contributed by atoms with Crippen molar-refractivity contribution < 1.29 is 0 Å². The second kappa shape index (κ2) is 14.4. The fraction of sp³-hybridized carbons (Fsp3) is 0.105. The molecule has 2 aliphatic carbocycles. The van der Waals surface area contributed by atoms with Gasteiger partial charge in [-0.3, -0.25) is 0 Å². The molecule has 2 aliphatic rings. The highest BCUT2D eigenvalue weighted by Crippen LogP contribution is 2.57. The van der Waals surface area contributed by atoms with E-state index in [-0.39, 0.29) is 5.41 Å². The van der Waals surface area contributed by atoms with Crippen LogP contribution in [-0.2, 0) is 5.41 Å². The Morgan fingerprint density at radius 3 is 1.46 bits per heavy atom. The van der Waals surface area contributed by atoms with Crippen LogP contribution in [0.1, 0.15) is 43.2 Å². The van der Waals surface area contributed by atoms with Crippen molar-refractivity contribution in [3.8, 4) is 73.2 Å². The van der Waals surface area contributed by atoms with Gasteiger partial charge in [0.1, 0.15) is 0 Å². The van der Waals surface area contributed by atoms with E-state index in [1.54, 1.807) is 0 Å². The van der Waals surface area contributed by atoms with Crippen LogP contribution in [0, 0.1) is 0 Å². The van der Waals surface area contributed by atoms with E-state index < -0.39 is 0 Å². The van der Waals surface area contributed by atoms with Crippen molar-refractivity contribution in [1.29, 1.82) is 0 Å². The lowest BCUT2D eigenvalue weighted by Crippen LogP contribution is -2.27. The molecule has 10 aromatic rings. The molecule has 12 rings (SSSR count). The van der Waals surface area contributed by atoms with E-state index in [9.17, 15) is 0 Å². The molecule has 1 fully saturated rings. The number of aromatic nitrogens is 4. The van der Waals surface area contributed by atoms with Crippen molar-refractivity contribution in [2.24, 2.45) is 0 Å². The molecular formula is C57H42N4. The van der Waals surface area contributed by atoms with Crippen LogP contribution < -0.4 is 0 Å². The van der Waals surface area contributed by atoms with Gasteiger partial charge in [0.15, 0.2) is 17.5 Å². The van der Waals surface area contributed by atoms with E-state index in [1.165, 1.54) is 92.9 Å². The van der Waals surface area contributed by atoms with E-state index in [0.717, 1.165) is 27.9 Å². The Hall–Kier alpha value is -7.43. The predicted molar refractivity (Wildman–Crippen MR) is 251 cm³/mol. The molecule has 61 heavy (non-hydrogen) atoms. The van der Waals surface area contributed by atoms with Gasteiger partial charge in [-0.05, 0) is 93.7 Å². The Morgan fingerprint density at radius 2 is 0.820 bits per heavy atom. The number of hydrogen-bond donors (Lipinski definition) is 0. The lowest BCUT2D eigenvalue weighted by molar-refractivity contribution is 0.353. The minimum absolute atomic E-state index is 0.0767. The largest absolute Gasteiger partial charge is 0.309 e. The first-order valence-corrected chi connectivity index (χ1v) is 21.6. The van der Waals surface area contributed by atoms with Crippen LogP contribution in [0.15, 0.2) is 194 Å². The smallest absolute Gasteiger partial charge is 0.164 e. The summed E-state index contributed by atoms with van der Waals surface area (Å²) in [6, 6.07) is 70.1. The fourth-order valence-electron chi connectivity index (χ4n) is 10.3. The summed E-state index contributed by atoms with van der Waals surface area (Å²) in [7, 11) is 0. The molecule has 0 atom stereocenters. The van der Waals surface area contributed by atoms with Crippen molar-refractivity contribution in [3.63, 3.8) is 0 Å². The maximum absolute atomic E-state index is 4.99. The summed E-state index contributed by atoms with van der Waals surface area (Å²) in [5, 5.41) is 2.58. The Balaban J connectivity index is 1.000. The molecule has 1 saturated carbocycles. The second-order valence-electron chi connectivity index (χ2n) is 16.7. The lowest BCUT2D eigenvalue weighted by Gasteiger charge is -2.36. The molecule has 0 amide bonds. The molecule has 4 nitrogen and oxygen atoms in total. The van der Waals surface area contributed by atoms with Crippen LogP contribution in [0.5, 0.6) is 0 Å². The van der Waals surface area contributed by atoms with Gasteiger partial charge in [-0.1, -0.05) is 177 Å². The average Bonchev–Trinajstić information content (AvgIpc) is 3.80. The van der Waals surface area contributed by atoms with Crippen molar-refractivity contribution in [2.45, 2.75) is 37.5 Å². The van der Waals surface area contributed by atoms with Gasteiger partial charge in [0.25, 0.3) is 0 Å². The summed E-state index contributed by atoms with van der Waals surface area (Å²) in [4.78, 5) is 14.9. The van der Waals surface area contributed by atoms with Gasteiger partial charge in [0, 0.05) is 38.6 Å². The standard InChI is InChI=1S/C57H42N4/c1-5-15-38(16-6-1)39-27-30-45(31-28-39)61-52-32-29-44(35-48(52)49-36-51-47(37-53(49)61)46-21-11-12-22-50(46)57(51)33-13-4-14-34-57)40-23-25-43(26-24-40)56-59-54(41-17-7-2-8-18-41)58-55(60-56)42-19-9-3-10-20-42/h1-3,5-12,15-32,35-37H,4,13-14,33-34H2. The summed E-state index contributed by atoms with van der Waals surface area (Å²) in [6.45, 7) is 0.